The molecule has 1 amide bonds. The van der Waals surface area contributed by atoms with Gasteiger partial charge in [-0.1, -0.05) is 48.1 Å². The van der Waals surface area contributed by atoms with Crippen LogP contribution in [-0.4, -0.2) is 25.7 Å². The van der Waals surface area contributed by atoms with Crippen LogP contribution in [0.2, 0.25) is 5.02 Å². The van der Waals surface area contributed by atoms with Gasteiger partial charge < -0.3 is 5.32 Å². The van der Waals surface area contributed by atoms with E-state index >= 15 is 0 Å². The molecule has 0 aliphatic heterocycles. The van der Waals surface area contributed by atoms with Crippen molar-refractivity contribution in [3.05, 3.63) is 64.4 Å². The number of fused-ring (bicyclic) bond motifs is 1. The summed E-state index contributed by atoms with van der Waals surface area (Å²) in [5, 5.41) is 17.0. The third kappa shape index (κ3) is 3.43. The molecular formula is C19H16ClN5OS. The number of carbonyl (C=O) groups excluding carboxylic acids is 1. The van der Waals surface area contributed by atoms with Crippen molar-refractivity contribution < 1.29 is 4.79 Å². The number of rotatable bonds is 4. The van der Waals surface area contributed by atoms with Gasteiger partial charge in [-0.05, 0) is 36.8 Å². The van der Waals surface area contributed by atoms with Crippen molar-refractivity contribution in [2.24, 2.45) is 0 Å². The van der Waals surface area contributed by atoms with Gasteiger partial charge >= 0.3 is 0 Å². The molecular weight excluding hydrogens is 382 g/mol. The average molecular weight is 398 g/mol. The molecule has 6 nitrogen and oxygen atoms in total. The molecule has 8 heteroatoms. The van der Waals surface area contributed by atoms with Crippen LogP contribution >= 0.6 is 22.9 Å². The lowest BCUT2D eigenvalue weighted by molar-refractivity contribution is 0.102. The van der Waals surface area contributed by atoms with Gasteiger partial charge in [0, 0.05) is 17.7 Å². The van der Waals surface area contributed by atoms with Gasteiger partial charge in [0.1, 0.15) is 5.01 Å². The highest BCUT2D eigenvalue weighted by atomic mass is 35.5. The summed E-state index contributed by atoms with van der Waals surface area (Å²) in [4.78, 5) is 13.3. The Morgan fingerprint density at radius 3 is 2.85 bits per heavy atom. The zero-order valence-corrected chi connectivity index (χ0v) is 16.3. The number of carbonyl (C=O) groups is 1. The van der Waals surface area contributed by atoms with Crippen LogP contribution in [0.3, 0.4) is 0 Å². The molecule has 0 saturated heterocycles. The summed E-state index contributed by atoms with van der Waals surface area (Å²) >= 11 is 7.65. The minimum atomic E-state index is -0.247. The molecule has 2 aromatic heterocycles. The number of amides is 1. The quantitative estimate of drug-likeness (QED) is 0.545. The Hall–Kier alpha value is -2.77. The molecule has 0 aliphatic rings. The summed E-state index contributed by atoms with van der Waals surface area (Å²) in [7, 11) is 0. The highest BCUT2D eigenvalue weighted by Crippen LogP contribution is 2.28. The van der Waals surface area contributed by atoms with E-state index in [2.05, 4.69) is 20.6 Å². The Bertz CT molecular complexity index is 1150. The molecule has 2 aromatic carbocycles. The van der Waals surface area contributed by atoms with Gasteiger partial charge in [0.25, 0.3) is 5.91 Å². The van der Waals surface area contributed by atoms with Gasteiger partial charge in [0.15, 0.2) is 5.82 Å². The molecule has 0 radical (unpaired) electrons. The Kier molecular flexibility index (Phi) is 4.63. The number of nitrogens with one attached hydrogen (secondary N) is 1. The molecule has 27 heavy (non-hydrogen) atoms. The van der Waals surface area contributed by atoms with Crippen LogP contribution in [0.15, 0.2) is 42.5 Å². The predicted molar refractivity (Wildman–Crippen MR) is 108 cm³/mol. The number of aryl methyl sites for hydroxylation is 2. The average Bonchev–Trinajstić information content (AvgIpc) is 3.22. The van der Waals surface area contributed by atoms with Gasteiger partial charge in [-0.2, -0.15) is 9.61 Å². The zero-order chi connectivity index (χ0) is 19.0. The first-order valence-electron chi connectivity index (χ1n) is 8.44. The van der Waals surface area contributed by atoms with E-state index in [4.69, 9.17) is 11.6 Å². The van der Waals surface area contributed by atoms with E-state index in [1.807, 2.05) is 44.2 Å². The summed E-state index contributed by atoms with van der Waals surface area (Å²) in [6.07, 6.45) is 0.762. The van der Waals surface area contributed by atoms with Crippen molar-refractivity contribution in [1.82, 2.24) is 19.8 Å². The van der Waals surface area contributed by atoms with Crippen molar-refractivity contribution >= 4 is 39.5 Å². The van der Waals surface area contributed by atoms with Gasteiger partial charge in [-0.15, -0.1) is 10.2 Å². The lowest BCUT2D eigenvalue weighted by Crippen LogP contribution is -2.12. The first-order chi connectivity index (χ1) is 13.0. The van der Waals surface area contributed by atoms with E-state index in [0.717, 1.165) is 33.3 Å². The fourth-order valence-electron chi connectivity index (χ4n) is 2.73. The monoisotopic (exact) mass is 397 g/mol. The Balaban J connectivity index is 1.61. The zero-order valence-electron chi connectivity index (χ0n) is 14.7. The topological polar surface area (TPSA) is 72.2 Å². The summed E-state index contributed by atoms with van der Waals surface area (Å²) in [6.45, 7) is 3.95. The summed E-state index contributed by atoms with van der Waals surface area (Å²) in [6, 6.07) is 12.9. The van der Waals surface area contributed by atoms with E-state index in [-0.39, 0.29) is 5.91 Å². The van der Waals surface area contributed by atoms with E-state index in [1.165, 1.54) is 11.3 Å². The van der Waals surface area contributed by atoms with Crippen LogP contribution in [-0.2, 0) is 6.42 Å². The molecule has 0 fully saturated rings. The van der Waals surface area contributed by atoms with Crippen LogP contribution < -0.4 is 5.32 Å². The smallest absolute Gasteiger partial charge is 0.257 e. The summed E-state index contributed by atoms with van der Waals surface area (Å²) in [5.74, 6) is 0.578. The van der Waals surface area contributed by atoms with Gasteiger partial charge in [0.05, 0.1) is 10.6 Å². The van der Waals surface area contributed by atoms with E-state index in [0.29, 0.717) is 16.3 Å². The molecule has 0 aliphatic carbocycles. The van der Waals surface area contributed by atoms with Gasteiger partial charge in [0.2, 0.25) is 4.96 Å². The second-order valence-corrected chi connectivity index (χ2v) is 7.45. The highest BCUT2D eigenvalue weighted by Gasteiger charge is 2.14. The third-order valence-corrected chi connectivity index (χ3v) is 5.37. The first kappa shape index (κ1) is 17.6. The second-order valence-electron chi connectivity index (χ2n) is 6.09. The molecule has 0 unspecified atom stereocenters. The maximum atomic E-state index is 12.5. The molecule has 0 saturated carbocycles. The lowest BCUT2D eigenvalue weighted by atomic mass is 10.1. The molecule has 136 valence electrons. The maximum absolute atomic E-state index is 12.5. The molecule has 1 N–H and O–H groups in total. The molecule has 0 spiro atoms. The largest absolute Gasteiger partial charge is 0.322 e. The lowest BCUT2D eigenvalue weighted by Gasteiger charge is -2.08. The Morgan fingerprint density at radius 2 is 2.07 bits per heavy atom. The number of anilines is 1. The SMILES string of the molecule is CCc1nnc2sc(-c3cccc(NC(=O)c4ccc(C)cc4Cl)c3)nn12. The van der Waals surface area contributed by atoms with Crippen molar-refractivity contribution in [1.29, 1.82) is 0 Å². The molecule has 0 atom stereocenters. The predicted octanol–water partition coefficient (Wildman–Crippen LogP) is 4.63. The molecule has 4 rings (SSSR count). The van der Waals surface area contributed by atoms with Crippen molar-refractivity contribution in [3.8, 4) is 10.6 Å². The fraction of sp³-hybridized carbons (Fsp3) is 0.158. The minimum Gasteiger partial charge on any atom is -0.322 e. The first-order valence-corrected chi connectivity index (χ1v) is 9.63. The van der Waals surface area contributed by atoms with E-state index in [9.17, 15) is 4.79 Å². The van der Waals surface area contributed by atoms with E-state index < -0.39 is 0 Å². The second kappa shape index (κ2) is 7.09. The van der Waals surface area contributed by atoms with Crippen LogP contribution in [0.4, 0.5) is 5.69 Å². The molecule has 2 heterocycles. The minimum absolute atomic E-state index is 0.247. The van der Waals surface area contributed by atoms with Crippen molar-refractivity contribution in [3.63, 3.8) is 0 Å². The van der Waals surface area contributed by atoms with Crippen LogP contribution in [0.25, 0.3) is 15.5 Å². The summed E-state index contributed by atoms with van der Waals surface area (Å²) in [5.41, 5.74) is 3.03. The number of hydrogen-bond acceptors (Lipinski definition) is 5. The van der Waals surface area contributed by atoms with Crippen molar-refractivity contribution in [2.45, 2.75) is 20.3 Å². The van der Waals surface area contributed by atoms with Gasteiger partial charge in [-0.3, -0.25) is 4.79 Å². The number of benzene rings is 2. The standard InChI is InChI=1S/C19H16ClN5OS/c1-3-16-22-23-19-25(16)24-18(27-19)12-5-4-6-13(10-12)21-17(26)14-8-7-11(2)9-15(14)20/h4-10H,3H2,1-2H3,(H,21,26). The normalized spacial score (nSPS) is 11.1. The van der Waals surface area contributed by atoms with Gasteiger partial charge in [-0.25, -0.2) is 0 Å². The highest BCUT2D eigenvalue weighted by molar-refractivity contribution is 7.19. The Morgan fingerprint density at radius 1 is 1.22 bits per heavy atom. The van der Waals surface area contributed by atoms with Crippen molar-refractivity contribution in [2.75, 3.05) is 5.32 Å². The van der Waals surface area contributed by atoms with Crippen LogP contribution in [0, 0.1) is 6.92 Å². The fourth-order valence-corrected chi connectivity index (χ4v) is 3.90. The van der Waals surface area contributed by atoms with Crippen LogP contribution in [0.1, 0.15) is 28.7 Å². The maximum Gasteiger partial charge on any atom is 0.257 e. The number of halogens is 1. The molecule has 4 aromatic rings. The number of aromatic nitrogens is 4. The summed E-state index contributed by atoms with van der Waals surface area (Å²) < 4.78 is 1.76. The molecule has 0 bridgehead atoms. The van der Waals surface area contributed by atoms with Crippen LogP contribution in [0.5, 0.6) is 0 Å². The third-order valence-electron chi connectivity index (χ3n) is 4.11. The Labute approximate surface area is 164 Å². The van der Waals surface area contributed by atoms with E-state index in [1.54, 1.807) is 16.6 Å². The number of nitrogens with zero attached hydrogens (tertiary/aromatic N) is 4. The number of hydrogen-bond donors (Lipinski definition) is 1.